The number of fused-ring (bicyclic) bond motifs is 1. The van der Waals surface area contributed by atoms with Gasteiger partial charge in [0.1, 0.15) is 23.0 Å². The summed E-state index contributed by atoms with van der Waals surface area (Å²) in [4.78, 5) is 10.9. The van der Waals surface area contributed by atoms with Gasteiger partial charge in [-0.15, -0.1) is 0 Å². The standard InChI is InChI=1S/C23H20FN3O/c24-20-12-17(15-27-9-2-10-27)3-5-19(20)22-14-18-11-16(4-6-21(18)28-22)13-23-25-7-1-8-26-23/h1,3-8,11-12,14H,2,9-10,13,15H2. The van der Waals surface area contributed by atoms with Gasteiger partial charge in [0.15, 0.2) is 0 Å². The van der Waals surface area contributed by atoms with Crippen LogP contribution in [0.1, 0.15) is 23.4 Å². The molecule has 4 aromatic rings. The average molecular weight is 373 g/mol. The number of benzene rings is 2. The van der Waals surface area contributed by atoms with Crippen LogP contribution in [0.5, 0.6) is 0 Å². The summed E-state index contributed by atoms with van der Waals surface area (Å²) in [5.41, 5.74) is 3.34. The number of halogens is 1. The maximum absolute atomic E-state index is 14.7. The minimum atomic E-state index is -0.241. The number of furan rings is 1. The lowest BCUT2D eigenvalue weighted by molar-refractivity contribution is 0.172. The molecule has 1 saturated heterocycles. The molecule has 1 fully saturated rings. The second kappa shape index (κ2) is 7.17. The zero-order chi connectivity index (χ0) is 18.9. The van der Waals surface area contributed by atoms with Crippen LogP contribution < -0.4 is 0 Å². The maximum Gasteiger partial charge on any atom is 0.138 e. The smallest absolute Gasteiger partial charge is 0.138 e. The van der Waals surface area contributed by atoms with Crippen LogP contribution in [-0.2, 0) is 13.0 Å². The summed E-state index contributed by atoms with van der Waals surface area (Å²) < 4.78 is 20.6. The van der Waals surface area contributed by atoms with E-state index in [0.717, 1.165) is 47.6 Å². The number of aromatic nitrogens is 2. The predicted molar refractivity (Wildman–Crippen MR) is 106 cm³/mol. The highest BCUT2D eigenvalue weighted by molar-refractivity contribution is 5.83. The summed E-state index contributed by atoms with van der Waals surface area (Å²) in [7, 11) is 0. The molecule has 140 valence electrons. The van der Waals surface area contributed by atoms with Crippen molar-refractivity contribution in [2.24, 2.45) is 0 Å². The molecule has 0 N–H and O–H groups in total. The van der Waals surface area contributed by atoms with Gasteiger partial charge in [-0.2, -0.15) is 0 Å². The predicted octanol–water partition coefficient (Wildman–Crippen LogP) is 4.83. The molecule has 2 aromatic carbocycles. The zero-order valence-electron chi connectivity index (χ0n) is 15.4. The fraction of sp³-hybridized carbons (Fsp3) is 0.217. The van der Waals surface area contributed by atoms with E-state index in [9.17, 15) is 4.39 Å². The lowest BCUT2D eigenvalue weighted by Crippen LogP contribution is -2.36. The normalized spacial score (nSPS) is 14.3. The number of hydrogen-bond acceptors (Lipinski definition) is 4. The van der Waals surface area contributed by atoms with Crippen LogP contribution in [0.15, 0.2) is 65.3 Å². The maximum atomic E-state index is 14.7. The zero-order valence-corrected chi connectivity index (χ0v) is 15.4. The first-order chi connectivity index (χ1) is 13.7. The van der Waals surface area contributed by atoms with Gasteiger partial charge in [-0.05, 0) is 67.0 Å². The molecular formula is C23H20FN3O. The van der Waals surface area contributed by atoms with E-state index in [1.807, 2.05) is 30.3 Å². The number of hydrogen-bond donors (Lipinski definition) is 0. The van der Waals surface area contributed by atoms with E-state index in [2.05, 4.69) is 20.9 Å². The van der Waals surface area contributed by atoms with E-state index < -0.39 is 0 Å². The molecule has 0 radical (unpaired) electrons. The van der Waals surface area contributed by atoms with E-state index in [1.165, 1.54) is 6.42 Å². The van der Waals surface area contributed by atoms with Crippen molar-refractivity contribution in [1.82, 2.24) is 14.9 Å². The molecule has 1 aliphatic heterocycles. The lowest BCUT2D eigenvalue weighted by atomic mass is 10.1. The molecule has 0 aliphatic carbocycles. The van der Waals surface area contributed by atoms with Crippen molar-refractivity contribution in [2.45, 2.75) is 19.4 Å². The van der Waals surface area contributed by atoms with Crippen molar-refractivity contribution >= 4 is 11.0 Å². The van der Waals surface area contributed by atoms with Crippen molar-refractivity contribution in [3.63, 3.8) is 0 Å². The molecule has 0 amide bonds. The third-order valence-corrected chi connectivity index (χ3v) is 5.22. The van der Waals surface area contributed by atoms with Gasteiger partial charge in [-0.1, -0.05) is 12.1 Å². The van der Waals surface area contributed by atoms with Gasteiger partial charge in [-0.3, -0.25) is 4.90 Å². The van der Waals surface area contributed by atoms with Crippen LogP contribution in [0.3, 0.4) is 0 Å². The fourth-order valence-corrected chi connectivity index (χ4v) is 3.59. The molecule has 1 aliphatic rings. The third kappa shape index (κ3) is 3.41. The quantitative estimate of drug-likeness (QED) is 0.503. The Hall–Kier alpha value is -3.05. The highest BCUT2D eigenvalue weighted by Gasteiger charge is 2.16. The van der Waals surface area contributed by atoms with E-state index in [4.69, 9.17) is 4.42 Å². The van der Waals surface area contributed by atoms with Gasteiger partial charge in [0.2, 0.25) is 0 Å². The molecule has 0 spiro atoms. The molecule has 0 saturated carbocycles. The summed E-state index contributed by atoms with van der Waals surface area (Å²) in [5, 5.41) is 0.951. The summed E-state index contributed by atoms with van der Waals surface area (Å²) in [6, 6.07) is 15.1. The Morgan fingerprint density at radius 2 is 1.79 bits per heavy atom. The second-order valence-corrected chi connectivity index (χ2v) is 7.27. The van der Waals surface area contributed by atoms with Crippen molar-refractivity contribution in [2.75, 3.05) is 13.1 Å². The first-order valence-corrected chi connectivity index (χ1v) is 9.54. The Labute approximate surface area is 162 Å². The fourth-order valence-electron chi connectivity index (χ4n) is 3.59. The summed E-state index contributed by atoms with van der Waals surface area (Å²) in [6.45, 7) is 3.01. The van der Waals surface area contributed by atoms with Crippen LogP contribution in [0.2, 0.25) is 0 Å². The molecule has 5 rings (SSSR count). The summed E-state index contributed by atoms with van der Waals surface area (Å²) in [5.74, 6) is 1.08. The Kier molecular flexibility index (Phi) is 4.37. The highest BCUT2D eigenvalue weighted by atomic mass is 19.1. The lowest BCUT2D eigenvalue weighted by Gasteiger charge is -2.30. The second-order valence-electron chi connectivity index (χ2n) is 7.27. The van der Waals surface area contributed by atoms with E-state index in [0.29, 0.717) is 17.7 Å². The van der Waals surface area contributed by atoms with Crippen LogP contribution in [0.4, 0.5) is 4.39 Å². The highest BCUT2D eigenvalue weighted by Crippen LogP contribution is 2.31. The summed E-state index contributed by atoms with van der Waals surface area (Å²) in [6.07, 6.45) is 5.37. The van der Waals surface area contributed by atoms with Gasteiger partial charge in [0.25, 0.3) is 0 Å². The Bertz CT molecular complexity index is 1120. The molecular weight excluding hydrogens is 353 g/mol. The molecule has 0 unspecified atom stereocenters. The van der Waals surface area contributed by atoms with Crippen LogP contribution in [0.25, 0.3) is 22.3 Å². The number of likely N-dealkylation sites (tertiary alicyclic amines) is 1. The first kappa shape index (κ1) is 17.1. The molecule has 5 heteroatoms. The van der Waals surface area contributed by atoms with E-state index >= 15 is 0 Å². The molecule has 0 atom stereocenters. The van der Waals surface area contributed by atoms with Gasteiger partial charge >= 0.3 is 0 Å². The Morgan fingerprint density at radius 1 is 0.964 bits per heavy atom. The monoisotopic (exact) mass is 373 g/mol. The van der Waals surface area contributed by atoms with E-state index in [-0.39, 0.29) is 5.82 Å². The topological polar surface area (TPSA) is 42.2 Å². The van der Waals surface area contributed by atoms with E-state index in [1.54, 1.807) is 24.5 Å². The molecule has 4 nitrogen and oxygen atoms in total. The minimum absolute atomic E-state index is 0.241. The van der Waals surface area contributed by atoms with Gasteiger partial charge in [0.05, 0.1) is 5.56 Å². The van der Waals surface area contributed by atoms with Crippen molar-refractivity contribution in [1.29, 1.82) is 0 Å². The van der Waals surface area contributed by atoms with Gasteiger partial charge < -0.3 is 4.42 Å². The minimum Gasteiger partial charge on any atom is -0.456 e. The summed E-state index contributed by atoms with van der Waals surface area (Å²) >= 11 is 0. The molecule has 0 bridgehead atoms. The van der Waals surface area contributed by atoms with Crippen molar-refractivity contribution < 1.29 is 8.81 Å². The Balaban J connectivity index is 1.41. The number of rotatable bonds is 5. The largest absolute Gasteiger partial charge is 0.456 e. The molecule has 28 heavy (non-hydrogen) atoms. The third-order valence-electron chi connectivity index (χ3n) is 5.22. The van der Waals surface area contributed by atoms with Crippen LogP contribution >= 0.6 is 0 Å². The van der Waals surface area contributed by atoms with Crippen LogP contribution in [0, 0.1) is 5.82 Å². The first-order valence-electron chi connectivity index (χ1n) is 9.54. The van der Waals surface area contributed by atoms with Crippen molar-refractivity contribution in [3.05, 3.63) is 83.7 Å². The number of nitrogens with zero attached hydrogens (tertiary/aromatic N) is 3. The average Bonchev–Trinajstić information content (AvgIpc) is 3.08. The molecule has 3 heterocycles. The van der Waals surface area contributed by atoms with Crippen LogP contribution in [-0.4, -0.2) is 28.0 Å². The molecule has 2 aromatic heterocycles. The SMILES string of the molecule is Fc1cc(CN2CCC2)ccc1-c1cc2cc(Cc3ncccn3)ccc2o1. The van der Waals surface area contributed by atoms with Crippen molar-refractivity contribution in [3.8, 4) is 11.3 Å². The Morgan fingerprint density at radius 3 is 2.54 bits per heavy atom. The van der Waals surface area contributed by atoms with Gasteiger partial charge in [0, 0.05) is 30.7 Å². The van der Waals surface area contributed by atoms with Gasteiger partial charge in [-0.25, -0.2) is 14.4 Å².